The molecule has 2 aromatic rings. The first-order valence-corrected chi connectivity index (χ1v) is 12.9. The van der Waals surface area contributed by atoms with E-state index in [1.807, 2.05) is 12.1 Å². The second kappa shape index (κ2) is 11.3. The SMILES string of the molecule is O=C(CN1C(=O)S/C(=C/c2ccc(OCc3ccc(Cl)cc3Cl)c(I)c2)C1=O)N1CCOCC1. The summed E-state index contributed by atoms with van der Waals surface area (Å²) in [6, 6.07) is 10.7. The molecule has 2 aromatic carbocycles. The predicted octanol–water partition coefficient (Wildman–Crippen LogP) is 5.07. The molecule has 0 N–H and O–H groups in total. The number of morpholine rings is 1. The van der Waals surface area contributed by atoms with E-state index in [4.69, 9.17) is 32.7 Å². The highest BCUT2D eigenvalue weighted by Gasteiger charge is 2.37. The lowest BCUT2D eigenvalue weighted by molar-refractivity contribution is -0.139. The van der Waals surface area contributed by atoms with Gasteiger partial charge in [0, 0.05) is 28.7 Å². The zero-order chi connectivity index (χ0) is 24.2. The van der Waals surface area contributed by atoms with E-state index in [0.29, 0.717) is 42.1 Å². The smallest absolute Gasteiger partial charge is 0.294 e. The first-order chi connectivity index (χ1) is 16.3. The summed E-state index contributed by atoms with van der Waals surface area (Å²) in [5.41, 5.74) is 1.55. The number of carbonyl (C=O) groups is 3. The van der Waals surface area contributed by atoms with E-state index < -0.39 is 11.1 Å². The lowest BCUT2D eigenvalue weighted by Crippen LogP contribution is -2.46. The molecule has 2 aliphatic heterocycles. The number of nitrogens with zero attached hydrogens (tertiary/aromatic N) is 2. The van der Waals surface area contributed by atoms with Gasteiger partial charge in [-0.1, -0.05) is 35.3 Å². The quantitative estimate of drug-likeness (QED) is 0.327. The predicted molar refractivity (Wildman–Crippen MR) is 140 cm³/mol. The van der Waals surface area contributed by atoms with E-state index in [1.165, 1.54) is 0 Å². The Morgan fingerprint density at radius 1 is 1.15 bits per heavy atom. The maximum atomic E-state index is 12.8. The van der Waals surface area contributed by atoms with Crippen molar-refractivity contribution in [1.82, 2.24) is 9.80 Å². The van der Waals surface area contributed by atoms with Crippen molar-refractivity contribution in [1.29, 1.82) is 0 Å². The molecule has 2 aliphatic rings. The minimum absolute atomic E-state index is 0.260. The van der Waals surface area contributed by atoms with E-state index in [9.17, 15) is 14.4 Å². The Morgan fingerprint density at radius 3 is 2.62 bits per heavy atom. The van der Waals surface area contributed by atoms with Gasteiger partial charge in [-0.15, -0.1) is 0 Å². The topological polar surface area (TPSA) is 76.2 Å². The van der Waals surface area contributed by atoms with Crippen molar-refractivity contribution in [2.24, 2.45) is 0 Å². The van der Waals surface area contributed by atoms with Gasteiger partial charge in [0.2, 0.25) is 5.91 Å². The highest BCUT2D eigenvalue weighted by Crippen LogP contribution is 2.33. The molecule has 11 heteroatoms. The summed E-state index contributed by atoms with van der Waals surface area (Å²) in [7, 11) is 0. The van der Waals surface area contributed by atoms with Crippen LogP contribution in [0.15, 0.2) is 41.3 Å². The van der Waals surface area contributed by atoms with Gasteiger partial charge in [-0.25, -0.2) is 0 Å². The summed E-state index contributed by atoms with van der Waals surface area (Å²) in [6.07, 6.45) is 1.64. The first-order valence-electron chi connectivity index (χ1n) is 10.3. The van der Waals surface area contributed by atoms with Gasteiger partial charge in [0.05, 0.1) is 21.7 Å². The Labute approximate surface area is 224 Å². The highest BCUT2D eigenvalue weighted by atomic mass is 127. The summed E-state index contributed by atoms with van der Waals surface area (Å²) in [5.74, 6) is -0.0685. The van der Waals surface area contributed by atoms with Gasteiger partial charge < -0.3 is 14.4 Å². The molecule has 0 unspecified atom stereocenters. The molecule has 7 nitrogen and oxygen atoms in total. The fraction of sp³-hybridized carbons (Fsp3) is 0.261. The van der Waals surface area contributed by atoms with Crippen LogP contribution in [0.5, 0.6) is 5.75 Å². The molecule has 4 rings (SSSR count). The third-order valence-corrected chi connectivity index (χ3v) is 7.52. The maximum absolute atomic E-state index is 12.8. The number of thioether (sulfide) groups is 1. The Bertz CT molecular complexity index is 1170. The summed E-state index contributed by atoms with van der Waals surface area (Å²) >= 11 is 15.1. The molecule has 0 aromatic heterocycles. The van der Waals surface area contributed by atoms with Crippen LogP contribution in [0, 0.1) is 3.57 Å². The number of hydrogen-bond donors (Lipinski definition) is 0. The van der Waals surface area contributed by atoms with Crippen molar-refractivity contribution in [3.05, 3.63) is 66.0 Å². The van der Waals surface area contributed by atoms with Crippen LogP contribution in [0.25, 0.3) is 6.08 Å². The van der Waals surface area contributed by atoms with Crippen LogP contribution in [0.1, 0.15) is 11.1 Å². The minimum atomic E-state index is -0.468. The van der Waals surface area contributed by atoms with Crippen molar-refractivity contribution in [2.75, 3.05) is 32.8 Å². The maximum Gasteiger partial charge on any atom is 0.294 e. The third-order valence-electron chi connectivity index (χ3n) is 5.18. The normalized spacial score (nSPS) is 17.6. The monoisotopic (exact) mass is 632 g/mol. The van der Waals surface area contributed by atoms with Crippen LogP contribution in [0.3, 0.4) is 0 Å². The zero-order valence-electron chi connectivity index (χ0n) is 17.8. The second-order valence-electron chi connectivity index (χ2n) is 7.48. The number of amides is 3. The van der Waals surface area contributed by atoms with Gasteiger partial charge in [-0.3, -0.25) is 19.3 Å². The molecule has 3 amide bonds. The fourth-order valence-corrected chi connectivity index (χ4v) is 5.35. The fourth-order valence-electron chi connectivity index (χ4n) is 3.35. The second-order valence-corrected chi connectivity index (χ2v) is 10.5. The van der Waals surface area contributed by atoms with Crippen molar-refractivity contribution in [3.63, 3.8) is 0 Å². The van der Waals surface area contributed by atoms with Gasteiger partial charge in [0.25, 0.3) is 11.1 Å². The average Bonchev–Trinajstić information content (AvgIpc) is 3.07. The van der Waals surface area contributed by atoms with Gasteiger partial charge in [-0.05, 0) is 70.3 Å². The van der Waals surface area contributed by atoms with E-state index >= 15 is 0 Å². The third kappa shape index (κ3) is 6.06. The zero-order valence-corrected chi connectivity index (χ0v) is 22.2. The van der Waals surface area contributed by atoms with E-state index in [0.717, 1.165) is 31.4 Å². The van der Waals surface area contributed by atoms with Crippen LogP contribution in [0.2, 0.25) is 10.0 Å². The van der Waals surface area contributed by atoms with Crippen LogP contribution < -0.4 is 4.74 Å². The van der Waals surface area contributed by atoms with E-state index in [1.54, 1.807) is 35.2 Å². The molecule has 2 saturated heterocycles. The summed E-state index contributed by atoms with van der Waals surface area (Å²) in [4.78, 5) is 40.5. The van der Waals surface area contributed by atoms with Gasteiger partial charge in [0.15, 0.2) is 0 Å². The summed E-state index contributed by atoms with van der Waals surface area (Å²) < 4.78 is 12.0. The number of halogens is 3. The Morgan fingerprint density at radius 2 is 1.91 bits per heavy atom. The Balaban J connectivity index is 1.41. The molecule has 0 radical (unpaired) electrons. The average molecular weight is 633 g/mol. The Hall–Kier alpha value is -1.79. The minimum Gasteiger partial charge on any atom is -0.488 e. The molecule has 0 aliphatic carbocycles. The van der Waals surface area contributed by atoms with Crippen molar-refractivity contribution in [2.45, 2.75) is 6.61 Å². The van der Waals surface area contributed by atoms with E-state index in [-0.39, 0.29) is 24.0 Å². The number of hydrogen-bond acceptors (Lipinski definition) is 6. The van der Waals surface area contributed by atoms with Crippen molar-refractivity contribution >= 4 is 80.7 Å². The number of imide groups is 1. The molecule has 0 atom stereocenters. The van der Waals surface area contributed by atoms with Crippen molar-refractivity contribution in [3.8, 4) is 5.75 Å². The van der Waals surface area contributed by atoms with Crippen LogP contribution >= 0.6 is 57.6 Å². The van der Waals surface area contributed by atoms with Crippen LogP contribution in [0.4, 0.5) is 4.79 Å². The molecule has 2 fully saturated rings. The standard InChI is InChI=1S/C23H19Cl2IN2O5S/c24-16-3-2-15(17(25)11-16)13-33-19-4-1-14(9-18(19)26)10-20-22(30)28(23(31)34-20)12-21(29)27-5-7-32-8-6-27/h1-4,9-11H,5-8,12-13H2/b20-10+. The Kier molecular flexibility index (Phi) is 8.41. The van der Waals surface area contributed by atoms with Crippen LogP contribution in [-0.2, 0) is 20.9 Å². The van der Waals surface area contributed by atoms with Gasteiger partial charge in [-0.2, -0.15) is 0 Å². The lowest BCUT2D eigenvalue weighted by atomic mass is 10.2. The molecular formula is C23H19Cl2IN2O5S. The van der Waals surface area contributed by atoms with Crippen LogP contribution in [-0.4, -0.2) is 59.7 Å². The van der Waals surface area contributed by atoms with E-state index in [2.05, 4.69) is 22.6 Å². The highest BCUT2D eigenvalue weighted by molar-refractivity contribution is 14.1. The molecular weight excluding hydrogens is 614 g/mol. The molecule has 2 heterocycles. The largest absolute Gasteiger partial charge is 0.488 e. The molecule has 0 spiro atoms. The van der Waals surface area contributed by atoms with Gasteiger partial charge >= 0.3 is 0 Å². The number of carbonyl (C=O) groups excluding carboxylic acids is 3. The number of ether oxygens (including phenoxy) is 2. The molecule has 178 valence electrons. The van der Waals surface area contributed by atoms with Crippen molar-refractivity contribution < 1.29 is 23.9 Å². The number of rotatable bonds is 6. The molecule has 0 saturated carbocycles. The first kappa shape index (κ1) is 25.3. The summed E-state index contributed by atoms with van der Waals surface area (Å²) in [6.45, 7) is 1.85. The molecule has 0 bridgehead atoms. The lowest BCUT2D eigenvalue weighted by Gasteiger charge is -2.28. The number of benzene rings is 2. The van der Waals surface area contributed by atoms with Gasteiger partial charge in [0.1, 0.15) is 18.9 Å². The molecule has 34 heavy (non-hydrogen) atoms. The summed E-state index contributed by atoms with van der Waals surface area (Å²) in [5, 5.41) is 0.636.